The summed E-state index contributed by atoms with van der Waals surface area (Å²) >= 11 is 0. The van der Waals surface area contributed by atoms with Crippen LogP contribution in [0.15, 0.2) is 51.7 Å². The quantitative estimate of drug-likeness (QED) is 0.746. The number of carboxylic acid groups (broad SMARTS) is 1. The molecule has 0 amide bonds. The van der Waals surface area contributed by atoms with Gasteiger partial charge in [-0.05, 0) is 60.4 Å². The summed E-state index contributed by atoms with van der Waals surface area (Å²) in [6.45, 7) is 0. The molecule has 1 aromatic heterocycles. The summed E-state index contributed by atoms with van der Waals surface area (Å²) in [6.07, 6.45) is 3.18. The molecular formula is C20H14O5. The molecule has 0 fully saturated rings. The second-order valence-corrected chi connectivity index (χ2v) is 6.02. The number of allylic oxidation sites excluding steroid dienone is 1. The summed E-state index contributed by atoms with van der Waals surface area (Å²) < 4.78 is 5.92. The van der Waals surface area contributed by atoms with Crippen LogP contribution in [0.5, 0.6) is 5.75 Å². The highest BCUT2D eigenvalue weighted by Gasteiger charge is 2.24. The Morgan fingerprint density at radius 2 is 1.84 bits per heavy atom. The van der Waals surface area contributed by atoms with E-state index in [-0.39, 0.29) is 16.7 Å². The molecule has 3 aromatic rings. The maximum Gasteiger partial charge on any atom is 0.335 e. The van der Waals surface area contributed by atoms with Crippen molar-refractivity contribution in [3.8, 4) is 5.75 Å². The average Bonchev–Trinajstić information content (AvgIpc) is 3.00. The Hall–Kier alpha value is -3.34. The van der Waals surface area contributed by atoms with Crippen molar-refractivity contribution in [1.82, 2.24) is 0 Å². The predicted molar refractivity (Wildman–Crippen MR) is 93.7 cm³/mol. The number of phenols is 1. The highest BCUT2D eigenvalue weighted by Crippen LogP contribution is 2.34. The predicted octanol–water partition coefficient (Wildman–Crippen LogP) is 3.68. The molecule has 0 saturated heterocycles. The standard InChI is InChI=1S/C20H14O5/c21-14-5-1-11(2-6-14)9-12-3-7-15-18(22)16-10-13(20(23)24)4-8-17(16)25-19(12)15/h1-2,4-6,8-10,21H,3,7H2,(H,23,24)/b12-9+. The Bertz CT molecular complexity index is 1090. The number of hydrogen-bond donors (Lipinski definition) is 2. The van der Waals surface area contributed by atoms with Crippen LogP contribution < -0.4 is 5.43 Å². The number of carbonyl (C=O) groups is 1. The highest BCUT2D eigenvalue weighted by atomic mass is 16.4. The van der Waals surface area contributed by atoms with Crippen molar-refractivity contribution in [1.29, 1.82) is 0 Å². The van der Waals surface area contributed by atoms with E-state index in [1.54, 1.807) is 24.3 Å². The third kappa shape index (κ3) is 2.59. The van der Waals surface area contributed by atoms with Gasteiger partial charge in [-0.15, -0.1) is 0 Å². The van der Waals surface area contributed by atoms with E-state index in [9.17, 15) is 14.7 Å². The van der Waals surface area contributed by atoms with Crippen molar-refractivity contribution in [3.63, 3.8) is 0 Å². The molecule has 1 aliphatic rings. The number of phenolic OH excluding ortho intramolecular Hbond substituents is 1. The maximum absolute atomic E-state index is 12.7. The average molecular weight is 334 g/mol. The van der Waals surface area contributed by atoms with Gasteiger partial charge in [0.2, 0.25) is 0 Å². The molecular weight excluding hydrogens is 320 g/mol. The summed E-state index contributed by atoms with van der Waals surface area (Å²) in [4.78, 5) is 23.8. The first-order valence-corrected chi connectivity index (χ1v) is 7.86. The minimum atomic E-state index is -1.07. The smallest absolute Gasteiger partial charge is 0.335 e. The minimum absolute atomic E-state index is 0.0672. The summed E-state index contributed by atoms with van der Waals surface area (Å²) in [5.74, 6) is -0.316. The van der Waals surface area contributed by atoms with E-state index in [0.717, 1.165) is 11.1 Å². The summed E-state index contributed by atoms with van der Waals surface area (Å²) in [6, 6.07) is 11.1. The lowest BCUT2D eigenvalue weighted by atomic mass is 10.1. The van der Waals surface area contributed by atoms with Gasteiger partial charge in [0.1, 0.15) is 17.1 Å². The van der Waals surface area contributed by atoms with Crippen molar-refractivity contribution < 1.29 is 19.4 Å². The third-order valence-corrected chi connectivity index (χ3v) is 4.40. The zero-order chi connectivity index (χ0) is 17.6. The second kappa shape index (κ2) is 5.63. The van der Waals surface area contributed by atoms with E-state index in [4.69, 9.17) is 9.52 Å². The van der Waals surface area contributed by atoms with Gasteiger partial charge in [0.05, 0.1) is 10.9 Å². The van der Waals surface area contributed by atoms with Gasteiger partial charge in [0, 0.05) is 5.56 Å². The summed E-state index contributed by atoms with van der Waals surface area (Å²) in [7, 11) is 0. The van der Waals surface area contributed by atoms with E-state index in [0.29, 0.717) is 35.1 Å². The Kier molecular flexibility index (Phi) is 3.42. The highest BCUT2D eigenvalue weighted by molar-refractivity contribution is 5.94. The van der Waals surface area contributed by atoms with Gasteiger partial charge < -0.3 is 14.6 Å². The number of benzene rings is 2. The molecule has 1 heterocycles. The molecule has 2 N–H and O–H groups in total. The molecule has 0 aliphatic heterocycles. The fraction of sp³-hybridized carbons (Fsp3) is 0.100. The molecule has 0 bridgehead atoms. The summed E-state index contributed by atoms with van der Waals surface area (Å²) in [5, 5.41) is 18.8. The molecule has 5 heteroatoms. The maximum atomic E-state index is 12.7. The van der Waals surface area contributed by atoms with E-state index >= 15 is 0 Å². The molecule has 25 heavy (non-hydrogen) atoms. The number of hydrogen-bond acceptors (Lipinski definition) is 4. The van der Waals surface area contributed by atoms with Crippen LogP contribution in [0.25, 0.3) is 22.6 Å². The number of rotatable bonds is 2. The van der Waals surface area contributed by atoms with Gasteiger partial charge in [0.15, 0.2) is 5.43 Å². The normalized spacial score (nSPS) is 14.8. The zero-order valence-electron chi connectivity index (χ0n) is 13.2. The number of aromatic carboxylic acids is 1. The van der Waals surface area contributed by atoms with E-state index in [2.05, 4.69) is 0 Å². The fourth-order valence-electron chi connectivity index (χ4n) is 3.14. The lowest BCUT2D eigenvalue weighted by molar-refractivity contribution is 0.0697. The SMILES string of the molecule is O=C(O)c1ccc2oc3c(c(=O)c2c1)CC/C3=C\c1ccc(O)cc1. The molecule has 1 aliphatic carbocycles. The van der Waals surface area contributed by atoms with Crippen LogP contribution in [0.4, 0.5) is 0 Å². The van der Waals surface area contributed by atoms with Crippen LogP contribution in [-0.2, 0) is 6.42 Å². The van der Waals surface area contributed by atoms with E-state index < -0.39 is 5.97 Å². The zero-order valence-corrected chi connectivity index (χ0v) is 13.2. The first-order valence-electron chi connectivity index (χ1n) is 7.86. The second-order valence-electron chi connectivity index (χ2n) is 6.02. The Balaban J connectivity index is 1.87. The van der Waals surface area contributed by atoms with Crippen LogP contribution in [0.3, 0.4) is 0 Å². The molecule has 5 nitrogen and oxygen atoms in total. The van der Waals surface area contributed by atoms with Gasteiger partial charge in [-0.2, -0.15) is 0 Å². The number of fused-ring (bicyclic) bond motifs is 2. The van der Waals surface area contributed by atoms with Crippen molar-refractivity contribution in [2.75, 3.05) is 0 Å². The first-order chi connectivity index (χ1) is 12.0. The number of aromatic hydroxyl groups is 1. The Morgan fingerprint density at radius 1 is 1.08 bits per heavy atom. The van der Waals surface area contributed by atoms with Crippen LogP contribution in [0.1, 0.15) is 33.7 Å². The van der Waals surface area contributed by atoms with Crippen LogP contribution >= 0.6 is 0 Å². The first kappa shape index (κ1) is 15.2. The van der Waals surface area contributed by atoms with Crippen LogP contribution in [0, 0.1) is 0 Å². The Morgan fingerprint density at radius 3 is 2.56 bits per heavy atom. The summed E-state index contributed by atoms with van der Waals surface area (Å²) in [5.41, 5.74) is 2.69. The molecule has 0 unspecified atom stereocenters. The van der Waals surface area contributed by atoms with Crippen molar-refractivity contribution in [3.05, 3.63) is 75.1 Å². The third-order valence-electron chi connectivity index (χ3n) is 4.40. The molecule has 4 rings (SSSR count). The van der Waals surface area contributed by atoms with E-state index in [1.165, 1.54) is 18.2 Å². The van der Waals surface area contributed by atoms with Gasteiger partial charge in [0.25, 0.3) is 0 Å². The molecule has 0 atom stereocenters. The van der Waals surface area contributed by atoms with Gasteiger partial charge >= 0.3 is 5.97 Å². The van der Waals surface area contributed by atoms with Gasteiger partial charge in [-0.3, -0.25) is 4.79 Å². The van der Waals surface area contributed by atoms with Gasteiger partial charge in [-0.1, -0.05) is 12.1 Å². The molecule has 2 aromatic carbocycles. The minimum Gasteiger partial charge on any atom is -0.508 e. The van der Waals surface area contributed by atoms with Gasteiger partial charge in [-0.25, -0.2) is 4.79 Å². The van der Waals surface area contributed by atoms with Crippen molar-refractivity contribution in [2.45, 2.75) is 12.8 Å². The number of carboxylic acids is 1. The Labute approximate surface area is 142 Å². The van der Waals surface area contributed by atoms with Crippen LogP contribution in [-0.4, -0.2) is 16.2 Å². The van der Waals surface area contributed by atoms with Crippen LogP contribution in [0.2, 0.25) is 0 Å². The topological polar surface area (TPSA) is 87.7 Å². The van der Waals surface area contributed by atoms with Crippen molar-refractivity contribution >= 4 is 28.6 Å². The lowest BCUT2D eigenvalue weighted by Crippen LogP contribution is -2.09. The fourth-order valence-corrected chi connectivity index (χ4v) is 3.14. The molecule has 0 radical (unpaired) electrons. The molecule has 0 saturated carbocycles. The van der Waals surface area contributed by atoms with Crippen molar-refractivity contribution in [2.24, 2.45) is 0 Å². The largest absolute Gasteiger partial charge is 0.508 e. The molecule has 0 spiro atoms. The lowest BCUT2D eigenvalue weighted by Gasteiger charge is -2.05. The van der Waals surface area contributed by atoms with E-state index in [1.807, 2.05) is 6.08 Å². The monoisotopic (exact) mass is 334 g/mol. The molecule has 124 valence electrons.